The number of hydrogen-bond donors (Lipinski definition) is 3. The lowest BCUT2D eigenvalue weighted by atomic mass is 10.1. The highest BCUT2D eigenvalue weighted by Crippen LogP contribution is 2.61. The Kier molecular flexibility index (Phi) is 4.49. The van der Waals surface area contributed by atoms with Crippen molar-refractivity contribution in [1.29, 1.82) is 0 Å². The summed E-state index contributed by atoms with van der Waals surface area (Å²) in [6.45, 7) is 5.44. The molecule has 114 valence electrons. The van der Waals surface area contributed by atoms with Gasteiger partial charge in [0.05, 0.1) is 0 Å². The quantitative estimate of drug-likeness (QED) is 0.450. The summed E-state index contributed by atoms with van der Waals surface area (Å²) in [4.78, 5) is 0. The van der Waals surface area contributed by atoms with Crippen molar-refractivity contribution in [3.8, 4) is 0 Å². The second-order valence-corrected chi connectivity index (χ2v) is 7.86. The van der Waals surface area contributed by atoms with Gasteiger partial charge < -0.3 is 0 Å². The van der Waals surface area contributed by atoms with Gasteiger partial charge in [-0.15, -0.1) is 0 Å². The molecule has 0 spiro atoms. The molecule has 1 atom stereocenters. The third kappa shape index (κ3) is 3.01. The number of benzene rings is 1. The van der Waals surface area contributed by atoms with Crippen LogP contribution >= 0.6 is 22.2 Å². The molecule has 1 aromatic carbocycles. The largest absolute Gasteiger partial charge is 0.346 e. The van der Waals surface area contributed by atoms with E-state index in [0.717, 1.165) is 15.9 Å². The molecule has 0 aliphatic rings. The third-order valence-corrected chi connectivity index (χ3v) is 6.13. The van der Waals surface area contributed by atoms with Crippen LogP contribution in [0, 0.1) is 20.8 Å². The van der Waals surface area contributed by atoms with Gasteiger partial charge in [0.2, 0.25) is 5.69 Å². The lowest BCUT2D eigenvalue weighted by molar-refractivity contribution is -0.937. The second-order valence-electron chi connectivity index (χ2n) is 5.09. The van der Waals surface area contributed by atoms with Gasteiger partial charge in [0.15, 0.2) is 4.71 Å². The Morgan fingerprint density at radius 1 is 1.10 bits per heavy atom. The molecule has 1 aromatic heterocycles. The molecule has 21 heavy (non-hydrogen) atoms. The van der Waals surface area contributed by atoms with E-state index in [4.69, 9.17) is 11.6 Å². The monoisotopic (exact) mass is 328 g/mol. The first-order valence-corrected chi connectivity index (χ1v) is 8.49. The molecule has 0 aliphatic heterocycles. The van der Waals surface area contributed by atoms with E-state index in [1.807, 2.05) is 32.0 Å². The van der Waals surface area contributed by atoms with Crippen molar-refractivity contribution in [3.63, 3.8) is 0 Å². The van der Waals surface area contributed by atoms with Gasteiger partial charge in [-0.1, -0.05) is 46.0 Å². The van der Waals surface area contributed by atoms with Gasteiger partial charge in [0.25, 0.3) is 0 Å². The molecule has 6 heteroatoms. The van der Waals surface area contributed by atoms with E-state index in [-0.39, 0.29) is 5.03 Å². The zero-order valence-electron chi connectivity index (χ0n) is 12.1. The van der Waals surface area contributed by atoms with Gasteiger partial charge >= 0.3 is 5.03 Å². The minimum absolute atomic E-state index is 0.00315. The van der Waals surface area contributed by atoms with Gasteiger partial charge in [0.1, 0.15) is 0 Å². The first kappa shape index (κ1) is 16.1. The standard InChI is InChI=1S/C15H18ClNO3S/c1-10-7-8-11(2)13(9-10)15(16)21(19,20)14-6-4-5-12(3)17(14)18/h4-9,15H,1-3H3,(H2-,18,19,20)/p+1. The van der Waals surface area contributed by atoms with Crippen molar-refractivity contribution in [1.82, 2.24) is 0 Å². The van der Waals surface area contributed by atoms with Crippen LogP contribution in [0.2, 0.25) is 0 Å². The maximum atomic E-state index is 10.6. The SMILES string of the molecule is Cc1ccc(C)c(C(Cl)S(O)(O)c2cccc(C)[n+]2O)c1. The van der Waals surface area contributed by atoms with E-state index >= 15 is 0 Å². The number of rotatable bonds is 3. The van der Waals surface area contributed by atoms with Gasteiger partial charge in [-0.3, -0.25) is 14.3 Å². The summed E-state index contributed by atoms with van der Waals surface area (Å²) >= 11 is 6.35. The van der Waals surface area contributed by atoms with Gasteiger partial charge in [-0.05, 0) is 31.0 Å². The fraction of sp³-hybridized carbons (Fsp3) is 0.267. The summed E-state index contributed by atoms with van der Waals surface area (Å²) in [5, 5.41) is 10.0. The summed E-state index contributed by atoms with van der Waals surface area (Å²) in [5.74, 6) is 0. The van der Waals surface area contributed by atoms with Crippen molar-refractivity contribution in [2.75, 3.05) is 0 Å². The van der Waals surface area contributed by atoms with Crippen LogP contribution in [-0.4, -0.2) is 14.3 Å². The van der Waals surface area contributed by atoms with E-state index in [1.54, 1.807) is 19.1 Å². The predicted molar refractivity (Wildman–Crippen MR) is 84.2 cm³/mol. The van der Waals surface area contributed by atoms with Crippen molar-refractivity contribution >= 4 is 22.2 Å². The molecule has 0 amide bonds. The summed E-state index contributed by atoms with van der Waals surface area (Å²) in [5.41, 5.74) is 3.01. The number of aromatic nitrogens is 1. The van der Waals surface area contributed by atoms with Crippen LogP contribution in [0.5, 0.6) is 0 Å². The van der Waals surface area contributed by atoms with Crippen molar-refractivity contribution < 1.29 is 19.0 Å². The van der Waals surface area contributed by atoms with Crippen LogP contribution in [0.25, 0.3) is 0 Å². The van der Waals surface area contributed by atoms with Crippen molar-refractivity contribution in [3.05, 3.63) is 58.8 Å². The first-order valence-electron chi connectivity index (χ1n) is 6.44. The molecule has 0 saturated heterocycles. The summed E-state index contributed by atoms with van der Waals surface area (Å²) < 4.78 is 20.9. The Morgan fingerprint density at radius 3 is 2.43 bits per heavy atom. The Labute approximate surface area is 130 Å². The minimum atomic E-state index is -3.41. The molecule has 0 saturated carbocycles. The van der Waals surface area contributed by atoms with Gasteiger partial charge in [0, 0.05) is 23.8 Å². The Hall–Kier alpha value is -1.27. The smallest absolute Gasteiger partial charge is 0.289 e. The number of halogens is 1. The third-order valence-electron chi connectivity index (χ3n) is 3.39. The highest BCUT2D eigenvalue weighted by Gasteiger charge is 2.37. The summed E-state index contributed by atoms with van der Waals surface area (Å²) in [7, 11) is -3.41. The van der Waals surface area contributed by atoms with E-state index in [9.17, 15) is 14.3 Å². The molecule has 0 bridgehead atoms. The molecule has 2 aromatic rings. The molecule has 4 nitrogen and oxygen atoms in total. The van der Waals surface area contributed by atoms with Crippen LogP contribution in [0.3, 0.4) is 0 Å². The normalized spacial score (nSPS) is 14.0. The fourth-order valence-corrected chi connectivity index (χ4v) is 4.11. The lowest BCUT2D eigenvalue weighted by Gasteiger charge is -2.33. The van der Waals surface area contributed by atoms with Crippen LogP contribution in [0.15, 0.2) is 41.4 Å². The molecule has 0 radical (unpaired) electrons. The average molecular weight is 329 g/mol. The number of pyridine rings is 1. The zero-order chi connectivity index (χ0) is 15.8. The molecule has 1 heterocycles. The van der Waals surface area contributed by atoms with Crippen molar-refractivity contribution in [2.45, 2.75) is 30.5 Å². The maximum Gasteiger partial charge on any atom is 0.346 e. The van der Waals surface area contributed by atoms with Crippen LogP contribution < -0.4 is 4.73 Å². The van der Waals surface area contributed by atoms with E-state index < -0.39 is 15.3 Å². The molecule has 1 unspecified atom stereocenters. The number of nitrogens with zero attached hydrogens (tertiary/aromatic N) is 1. The lowest BCUT2D eigenvalue weighted by Crippen LogP contribution is -2.39. The number of aryl methyl sites for hydroxylation is 3. The van der Waals surface area contributed by atoms with E-state index in [1.165, 1.54) is 6.07 Å². The van der Waals surface area contributed by atoms with Crippen LogP contribution in [-0.2, 0) is 0 Å². The number of alkyl halides is 1. The molecule has 3 N–H and O–H groups in total. The molecular formula is C15H19ClNO3S+. The first-order chi connectivity index (χ1) is 9.75. The Balaban J connectivity index is 2.52. The highest BCUT2D eigenvalue weighted by atomic mass is 35.5. The second kappa shape index (κ2) is 5.85. The number of hydrogen-bond acceptors (Lipinski definition) is 3. The summed E-state index contributed by atoms with van der Waals surface area (Å²) in [6, 6.07) is 10.4. The van der Waals surface area contributed by atoms with Gasteiger partial charge in [-0.2, -0.15) is 0 Å². The van der Waals surface area contributed by atoms with Crippen LogP contribution in [0.1, 0.15) is 27.1 Å². The molecule has 2 rings (SSSR count). The molecular weight excluding hydrogens is 310 g/mol. The average Bonchev–Trinajstić information content (AvgIpc) is 2.43. The van der Waals surface area contributed by atoms with E-state index in [2.05, 4.69) is 0 Å². The highest BCUT2D eigenvalue weighted by molar-refractivity contribution is 8.25. The van der Waals surface area contributed by atoms with Crippen LogP contribution in [0.4, 0.5) is 0 Å². The zero-order valence-corrected chi connectivity index (χ0v) is 13.7. The summed E-state index contributed by atoms with van der Waals surface area (Å²) in [6.07, 6.45) is 0. The predicted octanol–water partition coefficient (Wildman–Crippen LogP) is 4.18. The molecule has 0 fully saturated rings. The Bertz CT molecular complexity index is 676. The van der Waals surface area contributed by atoms with Gasteiger partial charge in [-0.25, -0.2) is 0 Å². The van der Waals surface area contributed by atoms with Crippen molar-refractivity contribution in [2.24, 2.45) is 0 Å². The van der Waals surface area contributed by atoms with E-state index in [0.29, 0.717) is 11.3 Å². The maximum absolute atomic E-state index is 10.6. The Morgan fingerprint density at radius 2 is 1.76 bits per heavy atom. The fourth-order valence-electron chi connectivity index (χ4n) is 2.10. The topological polar surface area (TPSA) is 64.6 Å². The molecule has 0 aliphatic carbocycles. The minimum Gasteiger partial charge on any atom is -0.289 e.